The molecular formula is C27H37N3O6S. The molecule has 9 nitrogen and oxygen atoms in total. The molecule has 2 aromatic rings. The van der Waals surface area contributed by atoms with Crippen LogP contribution in [0, 0.1) is 5.92 Å². The van der Waals surface area contributed by atoms with Gasteiger partial charge >= 0.3 is 6.09 Å². The molecule has 3 atom stereocenters. The third kappa shape index (κ3) is 7.67. The molecule has 1 amide bonds. The molecule has 3 unspecified atom stereocenters. The molecule has 4 N–H and O–H groups in total. The van der Waals surface area contributed by atoms with Gasteiger partial charge in [-0.1, -0.05) is 43.2 Å². The molecule has 202 valence electrons. The lowest BCUT2D eigenvalue weighted by molar-refractivity contribution is 0.0641. The highest BCUT2D eigenvalue weighted by molar-refractivity contribution is 7.89. The molecule has 1 aliphatic heterocycles. The molecule has 2 fully saturated rings. The van der Waals surface area contributed by atoms with Gasteiger partial charge in [-0.05, 0) is 55.0 Å². The number of hydrogen-bond acceptors (Lipinski definition) is 7. The summed E-state index contributed by atoms with van der Waals surface area (Å²) in [5, 5.41) is 14.1. The van der Waals surface area contributed by atoms with Crippen molar-refractivity contribution in [3.05, 3.63) is 60.2 Å². The van der Waals surface area contributed by atoms with Gasteiger partial charge in [-0.2, -0.15) is 4.31 Å². The number of aliphatic hydroxyl groups excluding tert-OH is 1. The number of nitrogens with zero attached hydrogens (tertiary/aromatic N) is 1. The van der Waals surface area contributed by atoms with Gasteiger partial charge < -0.3 is 25.6 Å². The fourth-order valence-corrected chi connectivity index (χ4v) is 6.50. The molecule has 0 aromatic heterocycles. The van der Waals surface area contributed by atoms with Gasteiger partial charge in [0.05, 0.1) is 30.3 Å². The van der Waals surface area contributed by atoms with Gasteiger partial charge in [0.1, 0.15) is 6.10 Å². The second-order valence-electron chi connectivity index (χ2n) is 9.94. The molecule has 0 bridgehead atoms. The fraction of sp³-hybridized carbons (Fsp3) is 0.519. The Labute approximate surface area is 219 Å². The number of aliphatic hydroxyl groups is 1. The summed E-state index contributed by atoms with van der Waals surface area (Å²) >= 11 is 0. The number of rotatable bonds is 11. The number of nitrogens with one attached hydrogen (secondary N) is 1. The van der Waals surface area contributed by atoms with Crippen molar-refractivity contribution < 1.29 is 27.8 Å². The van der Waals surface area contributed by atoms with E-state index in [2.05, 4.69) is 5.32 Å². The molecule has 1 aliphatic carbocycles. The molecule has 1 saturated heterocycles. The van der Waals surface area contributed by atoms with Crippen molar-refractivity contribution in [3.63, 3.8) is 0 Å². The number of anilines is 1. The van der Waals surface area contributed by atoms with Crippen LogP contribution in [0.4, 0.5) is 10.5 Å². The molecule has 0 radical (unpaired) electrons. The smallest absolute Gasteiger partial charge is 0.407 e. The van der Waals surface area contributed by atoms with Crippen LogP contribution in [0.3, 0.4) is 0 Å². The third-order valence-corrected chi connectivity index (χ3v) is 8.92. The first kappa shape index (κ1) is 27.4. The number of hydrogen-bond donors (Lipinski definition) is 3. The minimum Gasteiger partial charge on any atom is -0.444 e. The molecule has 4 rings (SSSR count). The standard InChI is InChI=1S/C27H37N3O6S/c28-22-10-12-24(13-11-22)37(33,34)30(17-21-8-4-5-9-21)18-26(31)25(16-20-6-2-1-3-7-20)29-27(32)36-23-14-15-35-19-23/h1-3,6-7,10-13,21,23,25-26,31H,4-5,8-9,14-19,28H2,(H,29,32). The summed E-state index contributed by atoms with van der Waals surface area (Å²) < 4.78 is 39.4. The number of nitrogens with two attached hydrogens (primary N) is 1. The first-order valence-electron chi connectivity index (χ1n) is 12.9. The zero-order valence-electron chi connectivity index (χ0n) is 21.0. The number of sulfonamides is 1. The molecule has 0 spiro atoms. The number of benzene rings is 2. The van der Waals surface area contributed by atoms with E-state index in [-0.39, 0.29) is 23.5 Å². The van der Waals surface area contributed by atoms with E-state index in [1.165, 1.54) is 16.4 Å². The van der Waals surface area contributed by atoms with Crippen LogP contribution in [-0.4, -0.2) is 68.5 Å². The SMILES string of the molecule is Nc1ccc(S(=O)(=O)N(CC2CCCC2)CC(O)C(Cc2ccccc2)NC(=O)OC2CCOC2)cc1. The first-order chi connectivity index (χ1) is 17.8. The third-order valence-electron chi connectivity index (χ3n) is 7.07. The molecule has 1 saturated carbocycles. The van der Waals surface area contributed by atoms with Crippen LogP contribution in [0.25, 0.3) is 0 Å². The monoisotopic (exact) mass is 531 g/mol. The summed E-state index contributed by atoms with van der Waals surface area (Å²) in [5.41, 5.74) is 7.14. The summed E-state index contributed by atoms with van der Waals surface area (Å²) in [6, 6.07) is 14.8. The average molecular weight is 532 g/mol. The largest absolute Gasteiger partial charge is 0.444 e. The molecule has 2 aliphatic rings. The highest BCUT2D eigenvalue weighted by Gasteiger charge is 2.33. The van der Waals surface area contributed by atoms with Crippen molar-refractivity contribution in [2.24, 2.45) is 5.92 Å². The van der Waals surface area contributed by atoms with Crippen LogP contribution in [-0.2, 0) is 25.9 Å². The molecular weight excluding hydrogens is 494 g/mol. The number of nitrogen functional groups attached to an aromatic ring is 1. The van der Waals surface area contributed by atoms with Crippen molar-refractivity contribution in [1.82, 2.24) is 9.62 Å². The minimum atomic E-state index is -3.90. The Balaban J connectivity index is 1.53. The van der Waals surface area contributed by atoms with Crippen molar-refractivity contribution in [3.8, 4) is 0 Å². The molecule has 37 heavy (non-hydrogen) atoms. The maximum Gasteiger partial charge on any atom is 0.407 e. The maximum absolute atomic E-state index is 13.6. The van der Waals surface area contributed by atoms with Crippen LogP contribution >= 0.6 is 0 Å². The topological polar surface area (TPSA) is 131 Å². The summed E-state index contributed by atoms with van der Waals surface area (Å²) in [6.45, 7) is 1.03. The van der Waals surface area contributed by atoms with Crippen molar-refractivity contribution in [1.29, 1.82) is 0 Å². The highest BCUT2D eigenvalue weighted by atomic mass is 32.2. The van der Waals surface area contributed by atoms with Gasteiger partial charge in [-0.25, -0.2) is 13.2 Å². The van der Waals surface area contributed by atoms with Crippen LogP contribution in [0.2, 0.25) is 0 Å². The Hall–Kier alpha value is -2.66. The Morgan fingerprint density at radius 3 is 2.46 bits per heavy atom. The van der Waals surface area contributed by atoms with Crippen molar-refractivity contribution in [2.45, 2.75) is 61.7 Å². The zero-order valence-corrected chi connectivity index (χ0v) is 21.8. The number of alkyl carbamates (subject to hydrolysis) is 1. The van der Waals surface area contributed by atoms with Crippen molar-refractivity contribution in [2.75, 3.05) is 32.0 Å². The van der Waals surface area contributed by atoms with E-state index in [1.54, 1.807) is 12.1 Å². The van der Waals surface area contributed by atoms with Crippen molar-refractivity contribution >= 4 is 21.8 Å². The van der Waals surface area contributed by atoms with Gasteiger partial charge in [-0.3, -0.25) is 0 Å². The summed E-state index contributed by atoms with van der Waals surface area (Å²) in [4.78, 5) is 12.8. The van der Waals surface area contributed by atoms with Crippen LogP contribution in [0.5, 0.6) is 0 Å². The van der Waals surface area contributed by atoms with Crippen LogP contribution in [0.1, 0.15) is 37.7 Å². The lowest BCUT2D eigenvalue weighted by atomic mass is 10.0. The average Bonchev–Trinajstić information content (AvgIpc) is 3.58. The van der Waals surface area contributed by atoms with Crippen LogP contribution in [0.15, 0.2) is 59.5 Å². The van der Waals surface area contributed by atoms with E-state index in [4.69, 9.17) is 15.2 Å². The van der Waals surface area contributed by atoms with Gasteiger partial charge in [0.15, 0.2) is 0 Å². The Bertz CT molecular complexity index is 1100. The number of ether oxygens (including phenoxy) is 2. The maximum atomic E-state index is 13.6. The lowest BCUT2D eigenvalue weighted by Crippen LogP contribution is -2.51. The minimum absolute atomic E-state index is 0.125. The Morgan fingerprint density at radius 2 is 1.81 bits per heavy atom. The van der Waals surface area contributed by atoms with E-state index in [0.29, 0.717) is 38.3 Å². The summed E-state index contributed by atoms with van der Waals surface area (Å²) in [6.07, 6.45) is 2.81. The van der Waals surface area contributed by atoms with Gasteiger partial charge in [-0.15, -0.1) is 0 Å². The number of amides is 1. The Kier molecular flexibility index (Phi) is 9.42. The predicted octanol–water partition coefficient (Wildman–Crippen LogP) is 2.94. The van der Waals surface area contributed by atoms with Gasteiger partial charge in [0.25, 0.3) is 0 Å². The van der Waals surface area contributed by atoms with E-state index < -0.39 is 28.3 Å². The van der Waals surface area contributed by atoms with Gasteiger partial charge in [0.2, 0.25) is 10.0 Å². The quantitative estimate of drug-likeness (QED) is 0.380. The van der Waals surface area contributed by atoms with E-state index in [0.717, 1.165) is 31.2 Å². The Morgan fingerprint density at radius 1 is 1.11 bits per heavy atom. The zero-order chi connectivity index (χ0) is 26.3. The predicted molar refractivity (Wildman–Crippen MR) is 140 cm³/mol. The molecule has 2 aromatic carbocycles. The first-order valence-corrected chi connectivity index (χ1v) is 14.4. The second kappa shape index (κ2) is 12.7. The van der Waals surface area contributed by atoms with E-state index in [1.807, 2.05) is 30.3 Å². The van der Waals surface area contributed by atoms with Gasteiger partial charge in [0, 0.05) is 25.2 Å². The normalized spacial score (nSPS) is 20.1. The second-order valence-corrected chi connectivity index (χ2v) is 11.9. The number of carbonyl (C=O) groups is 1. The van der Waals surface area contributed by atoms with Crippen LogP contribution < -0.4 is 11.1 Å². The molecule has 10 heteroatoms. The van der Waals surface area contributed by atoms with E-state index >= 15 is 0 Å². The number of carbonyl (C=O) groups excluding carboxylic acids is 1. The fourth-order valence-electron chi connectivity index (χ4n) is 4.97. The lowest BCUT2D eigenvalue weighted by Gasteiger charge is -2.31. The summed E-state index contributed by atoms with van der Waals surface area (Å²) in [7, 11) is -3.90. The summed E-state index contributed by atoms with van der Waals surface area (Å²) in [5.74, 6) is 0.226. The molecule has 1 heterocycles. The highest BCUT2D eigenvalue weighted by Crippen LogP contribution is 2.28. The van der Waals surface area contributed by atoms with E-state index in [9.17, 15) is 18.3 Å².